The molecule has 0 bridgehead atoms. The van der Waals surface area contributed by atoms with Crippen molar-refractivity contribution in [3.8, 4) is 5.75 Å². The van der Waals surface area contributed by atoms with Gasteiger partial charge >= 0.3 is 12.1 Å². The lowest BCUT2D eigenvalue weighted by Gasteiger charge is -2.21. The highest BCUT2D eigenvalue weighted by Gasteiger charge is 2.32. The van der Waals surface area contributed by atoms with Crippen molar-refractivity contribution in [2.75, 3.05) is 13.2 Å². The summed E-state index contributed by atoms with van der Waals surface area (Å²) < 4.78 is 51.0. The Morgan fingerprint density at radius 3 is 2.36 bits per heavy atom. The number of rotatable bonds is 9. The number of hydrogen-bond donors (Lipinski definition) is 1. The number of benzene rings is 2. The van der Waals surface area contributed by atoms with Crippen molar-refractivity contribution in [3.63, 3.8) is 0 Å². The zero-order valence-electron chi connectivity index (χ0n) is 20.2. The predicted octanol–water partition coefficient (Wildman–Crippen LogP) is 5.74. The van der Waals surface area contributed by atoms with Crippen molar-refractivity contribution in [2.45, 2.75) is 51.0 Å². The van der Waals surface area contributed by atoms with Crippen LogP contribution < -0.4 is 10.1 Å². The van der Waals surface area contributed by atoms with Crippen LogP contribution in [0.1, 0.15) is 49.8 Å². The zero-order valence-corrected chi connectivity index (χ0v) is 21.0. The number of nitrogens with one attached hydrogen (secondary N) is 1. The van der Waals surface area contributed by atoms with Crippen molar-refractivity contribution in [1.29, 1.82) is 0 Å². The van der Waals surface area contributed by atoms with Gasteiger partial charge in [0, 0.05) is 5.92 Å². The average Bonchev–Trinajstić information content (AvgIpc) is 3.12. The van der Waals surface area contributed by atoms with E-state index in [2.05, 4.69) is 5.32 Å². The smallest absolute Gasteiger partial charge is 0.416 e. The summed E-state index contributed by atoms with van der Waals surface area (Å²) in [6.07, 6.45) is -3.81. The van der Waals surface area contributed by atoms with E-state index in [1.165, 1.54) is 6.07 Å². The second-order valence-corrected chi connectivity index (χ2v) is 10.7. The Morgan fingerprint density at radius 1 is 1.08 bits per heavy atom. The van der Waals surface area contributed by atoms with Crippen LogP contribution in [-0.2, 0) is 26.9 Å². The second kappa shape index (κ2) is 11.4. The molecule has 1 aliphatic heterocycles. The Kier molecular flexibility index (Phi) is 8.71. The van der Waals surface area contributed by atoms with E-state index in [0.717, 1.165) is 29.5 Å². The zero-order chi connectivity index (χ0) is 26.5. The molecule has 6 nitrogen and oxygen atoms in total. The molecule has 10 heteroatoms. The predicted molar refractivity (Wildman–Crippen MR) is 130 cm³/mol. The highest BCUT2D eigenvalue weighted by molar-refractivity contribution is 8.15. The van der Waals surface area contributed by atoms with E-state index in [9.17, 15) is 27.6 Å². The Labute approximate surface area is 211 Å². The van der Waals surface area contributed by atoms with Crippen LogP contribution >= 0.6 is 11.8 Å². The number of thioether (sulfide) groups is 1. The molecular formula is C26H28F3NO5S. The summed E-state index contributed by atoms with van der Waals surface area (Å²) in [5.74, 6) is -0.662. The van der Waals surface area contributed by atoms with Crippen LogP contribution in [0.3, 0.4) is 0 Å². The van der Waals surface area contributed by atoms with Crippen LogP contribution in [-0.4, -0.2) is 35.6 Å². The van der Waals surface area contributed by atoms with Gasteiger partial charge in [0.25, 0.3) is 5.24 Å². The van der Waals surface area contributed by atoms with Gasteiger partial charge in [-0.15, -0.1) is 0 Å². The average molecular weight is 524 g/mol. The number of esters is 1. The molecule has 0 saturated carbocycles. The maximum absolute atomic E-state index is 13.3. The van der Waals surface area contributed by atoms with Crippen molar-refractivity contribution in [3.05, 3.63) is 65.2 Å². The number of hydrogen-bond acceptors (Lipinski definition) is 6. The second-order valence-electron chi connectivity index (χ2n) is 9.54. The summed E-state index contributed by atoms with van der Waals surface area (Å²) in [7, 11) is 0. The molecule has 0 aromatic heterocycles. The summed E-state index contributed by atoms with van der Waals surface area (Å²) in [6.45, 7) is 5.29. The normalized spacial score (nSPS) is 17.0. The number of carbonyl (C=O) groups excluding carboxylic acids is 3. The molecule has 1 heterocycles. The number of ether oxygens (including phenoxy) is 2. The van der Waals surface area contributed by atoms with Gasteiger partial charge in [-0.2, -0.15) is 13.2 Å². The van der Waals surface area contributed by atoms with Crippen LogP contribution in [0.15, 0.2) is 48.5 Å². The lowest BCUT2D eigenvalue weighted by molar-refractivity contribution is -0.153. The van der Waals surface area contributed by atoms with Gasteiger partial charge in [0.15, 0.2) is 0 Å². The third kappa shape index (κ3) is 7.74. The highest BCUT2D eigenvalue weighted by Crippen LogP contribution is 2.32. The van der Waals surface area contributed by atoms with Crippen LogP contribution in [0.5, 0.6) is 5.75 Å². The Morgan fingerprint density at radius 2 is 1.78 bits per heavy atom. The minimum absolute atomic E-state index is 0.0408. The SMILES string of the molecule is CC(C)(C)C(=O)OCCC(COc1ccc(CC2SC(=O)NC2=O)cc1)c1cccc(C(F)(F)F)c1. The standard InChI is InChI=1S/C26H28F3NO5S/c1-25(2,3)23(32)34-12-11-18(17-5-4-6-19(14-17)26(27,28)29)15-35-20-9-7-16(8-10-20)13-21-22(31)30-24(33)36-21/h4-10,14,18,21H,11-13,15H2,1-3H3,(H,30,31,33). The molecule has 36 heavy (non-hydrogen) atoms. The van der Waals surface area contributed by atoms with E-state index in [0.29, 0.717) is 17.7 Å². The molecule has 0 aliphatic carbocycles. The van der Waals surface area contributed by atoms with E-state index in [-0.39, 0.29) is 30.8 Å². The number of halogens is 3. The Balaban J connectivity index is 1.67. The topological polar surface area (TPSA) is 81.7 Å². The van der Waals surface area contributed by atoms with Crippen molar-refractivity contribution >= 4 is 28.9 Å². The van der Waals surface area contributed by atoms with Gasteiger partial charge in [0.1, 0.15) is 5.75 Å². The summed E-state index contributed by atoms with van der Waals surface area (Å²) in [4.78, 5) is 35.2. The summed E-state index contributed by atoms with van der Waals surface area (Å²) >= 11 is 0.951. The van der Waals surface area contributed by atoms with E-state index >= 15 is 0 Å². The van der Waals surface area contributed by atoms with Gasteiger partial charge in [-0.05, 0) is 62.9 Å². The van der Waals surface area contributed by atoms with Gasteiger partial charge < -0.3 is 9.47 Å². The highest BCUT2D eigenvalue weighted by atomic mass is 32.2. The molecule has 2 aromatic rings. The monoisotopic (exact) mass is 523 g/mol. The molecule has 0 spiro atoms. The van der Waals surface area contributed by atoms with E-state index < -0.39 is 34.3 Å². The number of alkyl halides is 3. The molecule has 194 valence electrons. The third-order valence-corrected chi connectivity index (χ3v) is 6.54. The van der Waals surface area contributed by atoms with Crippen LogP contribution in [0.2, 0.25) is 0 Å². The molecule has 2 aromatic carbocycles. The molecular weight excluding hydrogens is 495 g/mol. The maximum Gasteiger partial charge on any atom is 0.416 e. The molecule has 1 fully saturated rings. The van der Waals surface area contributed by atoms with Crippen molar-refractivity contribution in [2.24, 2.45) is 5.41 Å². The molecule has 1 saturated heterocycles. The van der Waals surface area contributed by atoms with E-state index in [1.807, 2.05) is 0 Å². The molecule has 2 unspecified atom stereocenters. The minimum atomic E-state index is -4.48. The van der Waals surface area contributed by atoms with Crippen LogP contribution in [0.25, 0.3) is 0 Å². The molecule has 1 aliphatic rings. The largest absolute Gasteiger partial charge is 0.493 e. The number of carbonyl (C=O) groups is 3. The maximum atomic E-state index is 13.3. The first-order valence-electron chi connectivity index (χ1n) is 11.4. The Bertz CT molecular complexity index is 1100. The summed E-state index contributed by atoms with van der Waals surface area (Å²) in [5, 5.41) is 1.41. The molecule has 1 N–H and O–H groups in total. The van der Waals surface area contributed by atoms with Gasteiger partial charge in [0.05, 0.1) is 29.4 Å². The number of amides is 2. The first-order chi connectivity index (χ1) is 16.8. The Hall–Kier alpha value is -3.01. The third-order valence-electron chi connectivity index (χ3n) is 5.56. The molecule has 3 rings (SSSR count). The first-order valence-corrected chi connectivity index (χ1v) is 12.3. The van der Waals surface area contributed by atoms with Gasteiger partial charge in [-0.3, -0.25) is 19.7 Å². The minimum Gasteiger partial charge on any atom is -0.493 e. The summed E-state index contributed by atoms with van der Waals surface area (Å²) in [5.41, 5.74) is -0.168. The van der Waals surface area contributed by atoms with Crippen LogP contribution in [0.4, 0.5) is 18.0 Å². The first kappa shape index (κ1) is 27.6. The van der Waals surface area contributed by atoms with Crippen molar-refractivity contribution < 1.29 is 37.0 Å². The molecule has 0 radical (unpaired) electrons. The van der Waals surface area contributed by atoms with E-state index in [4.69, 9.17) is 9.47 Å². The number of imide groups is 1. The quantitative estimate of drug-likeness (QED) is 0.422. The van der Waals surface area contributed by atoms with E-state index in [1.54, 1.807) is 51.1 Å². The summed E-state index contributed by atoms with van der Waals surface area (Å²) in [6, 6.07) is 12.0. The van der Waals surface area contributed by atoms with Gasteiger partial charge in [-0.25, -0.2) is 0 Å². The lowest BCUT2D eigenvalue weighted by Crippen LogP contribution is -2.25. The van der Waals surface area contributed by atoms with Gasteiger partial charge in [0.2, 0.25) is 5.91 Å². The molecule has 2 amide bonds. The fourth-order valence-electron chi connectivity index (χ4n) is 3.49. The molecule has 2 atom stereocenters. The van der Waals surface area contributed by atoms with Gasteiger partial charge in [-0.1, -0.05) is 42.1 Å². The van der Waals surface area contributed by atoms with Crippen LogP contribution in [0, 0.1) is 5.41 Å². The fraction of sp³-hybridized carbons (Fsp3) is 0.423. The van der Waals surface area contributed by atoms with Crippen molar-refractivity contribution in [1.82, 2.24) is 5.32 Å². The fourth-order valence-corrected chi connectivity index (χ4v) is 4.35. The lowest BCUT2D eigenvalue weighted by atomic mass is 9.94.